The van der Waals surface area contributed by atoms with Crippen molar-refractivity contribution < 1.29 is 4.39 Å². The van der Waals surface area contributed by atoms with E-state index >= 15 is 0 Å². The lowest BCUT2D eigenvalue weighted by Gasteiger charge is -2.05. The molecule has 22 heavy (non-hydrogen) atoms. The Hall–Kier alpha value is -3.01. The first-order valence-electron chi connectivity index (χ1n) is 6.97. The Balaban J connectivity index is 2.04. The van der Waals surface area contributed by atoms with E-state index in [2.05, 4.69) is 9.97 Å². The van der Waals surface area contributed by atoms with Gasteiger partial charge in [0.15, 0.2) is 0 Å². The van der Waals surface area contributed by atoms with Crippen LogP contribution in [0.25, 0.3) is 28.3 Å². The van der Waals surface area contributed by atoms with Gasteiger partial charge in [0.2, 0.25) is 5.78 Å². The van der Waals surface area contributed by atoms with Crippen LogP contribution in [0.1, 0.15) is 0 Å². The molecule has 0 spiro atoms. The van der Waals surface area contributed by atoms with Gasteiger partial charge >= 0.3 is 0 Å². The first kappa shape index (κ1) is 12.7. The van der Waals surface area contributed by atoms with E-state index < -0.39 is 0 Å². The Labute approximate surface area is 126 Å². The molecule has 0 aliphatic heterocycles. The van der Waals surface area contributed by atoms with E-state index in [-0.39, 0.29) is 5.82 Å². The molecule has 0 amide bonds. The molecule has 0 radical (unpaired) electrons. The Morgan fingerprint density at radius 2 is 1.59 bits per heavy atom. The van der Waals surface area contributed by atoms with Gasteiger partial charge in [-0.05, 0) is 30.3 Å². The van der Waals surface area contributed by atoms with Crippen molar-refractivity contribution in [2.45, 2.75) is 0 Å². The van der Waals surface area contributed by atoms with Gasteiger partial charge in [0.05, 0.1) is 11.4 Å². The quantitative estimate of drug-likeness (QED) is 0.553. The minimum Gasteiger partial charge on any atom is -0.283 e. The number of imidazole rings is 1. The van der Waals surface area contributed by atoms with Crippen LogP contribution in [0.15, 0.2) is 73.1 Å². The molecule has 0 saturated carbocycles. The topological polar surface area (TPSA) is 30.2 Å². The first-order valence-corrected chi connectivity index (χ1v) is 6.97. The molecule has 0 atom stereocenters. The highest BCUT2D eigenvalue weighted by Gasteiger charge is 2.16. The zero-order chi connectivity index (χ0) is 14.9. The molecule has 3 nitrogen and oxygen atoms in total. The summed E-state index contributed by atoms with van der Waals surface area (Å²) in [6, 6.07) is 18.3. The van der Waals surface area contributed by atoms with Crippen LogP contribution in [0.2, 0.25) is 0 Å². The number of rotatable bonds is 2. The summed E-state index contributed by atoms with van der Waals surface area (Å²) in [6.07, 6.45) is 3.65. The van der Waals surface area contributed by atoms with Gasteiger partial charge in [-0.3, -0.25) is 4.40 Å². The average molecular weight is 289 g/mol. The lowest BCUT2D eigenvalue weighted by Crippen LogP contribution is -1.90. The number of halogens is 1. The van der Waals surface area contributed by atoms with Gasteiger partial charge in [-0.2, -0.15) is 0 Å². The molecular formula is C18H12FN3. The van der Waals surface area contributed by atoms with E-state index in [0.717, 1.165) is 22.5 Å². The van der Waals surface area contributed by atoms with E-state index in [9.17, 15) is 4.39 Å². The molecule has 0 aliphatic carbocycles. The monoisotopic (exact) mass is 289 g/mol. The number of fused-ring (bicyclic) bond motifs is 1. The fraction of sp³-hybridized carbons (Fsp3) is 0. The molecule has 4 rings (SSSR count). The Morgan fingerprint density at radius 3 is 2.36 bits per heavy atom. The highest BCUT2D eigenvalue weighted by atomic mass is 19.1. The van der Waals surface area contributed by atoms with Crippen LogP contribution in [0.3, 0.4) is 0 Å². The van der Waals surface area contributed by atoms with E-state index in [1.807, 2.05) is 47.0 Å². The lowest BCUT2D eigenvalue weighted by molar-refractivity contribution is 0.628. The van der Waals surface area contributed by atoms with Crippen molar-refractivity contribution in [1.29, 1.82) is 0 Å². The second kappa shape index (κ2) is 5.07. The minimum absolute atomic E-state index is 0.257. The van der Waals surface area contributed by atoms with Gasteiger partial charge in [-0.1, -0.05) is 30.3 Å². The predicted molar refractivity (Wildman–Crippen MR) is 83.8 cm³/mol. The standard InChI is InChI=1S/C18H12FN3/c19-15-9-7-13(8-10-15)16-17(14-5-2-1-3-6-14)22-12-4-11-20-18(22)21-16/h1-12H. The largest absolute Gasteiger partial charge is 0.283 e. The van der Waals surface area contributed by atoms with Gasteiger partial charge < -0.3 is 0 Å². The number of hydrogen-bond acceptors (Lipinski definition) is 2. The second-order valence-corrected chi connectivity index (χ2v) is 4.97. The molecule has 0 bridgehead atoms. The van der Waals surface area contributed by atoms with Crippen LogP contribution in [0, 0.1) is 5.82 Å². The molecule has 2 heterocycles. The Morgan fingerprint density at radius 1 is 0.818 bits per heavy atom. The van der Waals surface area contributed by atoms with Crippen molar-refractivity contribution in [3.05, 3.63) is 78.9 Å². The summed E-state index contributed by atoms with van der Waals surface area (Å²) >= 11 is 0. The molecule has 0 unspecified atom stereocenters. The molecular weight excluding hydrogens is 277 g/mol. The van der Waals surface area contributed by atoms with Crippen molar-refractivity contribution in [2.24, 2.45) is 0 Å². The lowest BCUT2D eigenvalue weighted by atomic mass is 10.0. The summed E-state index contributed by atoms with van der Waals surface area (Å²) in [5.41, 5.74) is 3.66. The third kappa shape index (κ3) is 2.05. The predicted octanol–water partition coefficient (Wildman–Crippen LogP) is 4.20. The van der Waals surface area contributed by atoms with E-state index in [4.69, 9.17) is 0 Å². The van der Waals surface area contributed by atoms with Gasteiger partial charge in [-0.15, -0.1) is 0 Å². The Bertz CT molecular complexity index is 928. The van der Waals surface area contributed by atoms with Crippen LogP contribution in [0.4, 0.5) is 4.39 Å². The van der Waals surface area contributed by atoms with E-state index in [0.29, 0.717) is 5.78 Å². The SMILES string of the molecule is Fc1ccc(-c2nc3ncccn3c2-c2ccccc2)cc1. The summed E-state index contributed by atoms with van der Waals surface area (Å²) in [4.78, 5) is 8.93. The fourth-order valence-corrected chi connectivity index (χ4v) is 2.57. The molecule has 4 heteroatoms. The van der Waals surface area contributed by atoms with Gasteiger partial charge in [0.1, 0.15) is 5.82 Å². The maximum Gasteiger partial charge on any atom is 0.234 e. The molecule has 0 aliphatic rings. The normalized spacial score (nSPS) is 11.0. The molecule has 0 saturated heterocycles. The third-order valence-electron chi connectivity index (χ3n) is 3.57. The van der Waals surface area contributed by atoms with Crippen LogP contribution in [-0.2, 0) is 0 Å². The number of aromatic nitrogens is 3. The van der Waals surface area contributed by atoms with Crippen LogP contribution in [0.5, 0.6) is 0 Å². The van der Waals surface area contributed by atoms with Gasteiger partial charge in [-0.25, -0.2) is 14.4 Å². The molecule has 106 valence electrons. The molecule has 2 aromatic carbocycles. The summed E-state index contributed by atoms with van der Waals surface area (Å²) in [6.45, 7) is 0. The summed E-state index contributed by atoms with van der Waals surface area (Å²) in [7, 11) is 0. The number of nitrogens with zero attached hydrogens (tertiary/aromatic N) is 3. The highest BCUT2D eigenvalue weighted by molar-refractivity contribution is 5.81. The highest BCUT2D eigenvalue weighted by Crippen LogP contribution is 2.32. The van der Waals surface area contributed by atoms with E-state index in [1.54, 1.807) is 18.3 Å². The van der Waals surface area contributed by atoms with Crippen molar-refractivity contribution >= 4 is 5.78 Å². The van der Waals surface area contributed by atoms with Gasteiger partial charge in [0, 0.05) is 23.5 Å². The van der Waals surface area contributed by atoms with Crippen LogP contribution in [-0.4, -0.2) is 14.4 Å². The van der Waals surface area contributed by atoms with Gasteiger partial charge in [0.25, 0.3) is 0 Å². The number of hydrogen-bond donors (Lipinski definition) is 0. The zero-order valence-corrected chi connectivity index (χ0v) is 11.6. The van der Waals surface area contributed by atoms with E-state index in [1.165, 1.54) is 12.1 Å². The second-order valence-electron chi connectivity index (χ2n) is 4.97. The summed E-state index contributed by atoms with van der Waals surface area (Å²) < 4.78 is 15.1. The molecule has 2 aromatic heterocycles. The molecule has 4 aromatic rings. The smallest absolute Gasteiger partial charge is 0.234 e. The zero-order valence-electron chi connectivity index (χ0n) is 11.6. The third-order valence-corrected chi connectivity index (χ3v) is 3.57. The Kier molecular flexibility index (Phi) is 2.93. The number of benzene rings is 2. The first-order chi connectivity index (χ1) is 10.8. The molecule has 0 fully saturated rings. The minimum atomic E-state index is -0.257. The van der Waals surface area contributed by atoms with Crippen molar-refractivity contribution in [3.63, 3.8) is 0 Å². The summed E-state index contributed by atoms with van der Waals surface area (Å²) in [5, 5.41) is 0. The molecule has 0 N–H and O–H groups in total. The average Bonchev–Trinajstić information content (AvgIpc) is 2.96. The van der Waals surface area contributed by atoms with Crippen LogP contribution < -0.4 is 0 Å². The van der Waals surface area contributed by atoms with Crippen LogP contribution >= 0.6 is 0 Å². The summed E-state index contributed by atoms with van der Waals surface area (Å²) in [5.74, 6) is 0.368. The van der Waals surface area contributed by atoms with Crippen molar-refractivity contribution in [1.82, 2.24) is 14.4 Å². The maximum atomic E-state index is 13.2. The van der Waals surface area contributed by atoms with Crippen molar-refractivity contribution in [2.75, 3.05) is 0 Å². The van der Waals surface area contributed by atoms with Crippen molar-refractivity contribution in [3.8, 4) is 22.5 Å². The maximum absolute atomic E-state index is 13.2. The fourth-order valence-electron chi connectivity index (χ4n) is 2.57.